The molecule has 2 rings (SSSR count). The van der Waals surface area contributed by atoms with E-state index in [-0.39, 0.29) is 5.75 Å². The van der Waals surface area contributed by atoms with Gasteiger partial charge >= 0.3 is 0 Å². The normalized spacial score (nSPS) is 18.1. The highest BCUT2D eigenvalue weighted by molar-refractivity contribution is 8.14. The second-order valence-corrected chi connectivity index (χ2v) is 10.3. The monoisotopic (exact) mass is 523 g/mol. The minimum absolute atomic E-state index is 0.238. The first-order valence-electron chi connectivity index (χ1n) is 13.2. The number of likely N-dealkylation sites (tertiary alicyclic amines) is 2. The van der Waals surface area contributed by atoms with Gasteiger partial charge in [0.05, 0.1) is 18.6 Å². The largest absolute Gasteiger partial charge is 0.501 e. The third-order valence-electron chi connectivity index (χ3n) is 5.65. The van der Waals surface area contributed by atoms with E-state index in [2.05, 4.69) is 42.0 Å². The molecule has 0 aromatic heterocycles. The number of ether oxygens (including phenoxy) is 1. The van der Waals surface area contributed by atoms with E-state index in [1.165, 1.54) is 89.0 Å². The summed E-state index contributed by atoms with van der Waals surface area (Å²) in [5, 5.41) is 0.549. The van der Waals surface area contributed by atoms with Crippen molar-refractivity contribution in [3.8, 4) is 0 Å². The summed E-state index contributed by atoms with van der Waals surface area (Å²) in [5.74, 6) is 0.381. The van der Waals surface area contributed by atoms with Gasteiger partial charge in [-0.05, 0) is 97.0 Å². The van der Waals surface area contributed by atoms with Gasteiger partial charge < -0.3 is 19.3 Å². The second-order valence-electron chi connectivity index (χ2n) is 9.29. The second kappa shape index (κ2) is 22.5. The van der Waals surface area contributed by atoms with E-state index in [4.69, 9.17) is 4.74 Å². The van der Waals surface area contributed by atoms with Crippen molar-refractivity contribution in [1.29, 1.82) is 0 Å². The Kier molecular flexibility index (Phi) is 21.4. The van der Waals surface area contributed by atoms with Gasteiger partial charge in [0.25, 0.3) is 0 Å². The molecule has 2 fully saturated rings. The molecule has 2 heterocycles. The average Bonchev–Trinajstić information content (AvgIpc) is 3.09. The van der Waals surface area contributed by atoms with E-state index in [0.717, 1.165) is 12.7 Å². The van der Waals surface area contributed by atoms with E-state index in [9.17, 15) is 9.18 Å². The number of rotatable bonds is 9. The van der Waals surface area contributed by atoms with Gasteiger partial charge in [-0.3, -0.25) is 0 Å². The number of aliphatic imine (C=N–C) groups is 1. The van der Waals surface area contributed by atoms with Crippen molar-refractivity contribution in [3.05, 3.63) is 48.2 Å². The zero-order chi connectivity index (χ0) is 27.2. The van der Waals surface area contributed by atoms with Crippen LogP contribution in [0.25, 0.3) is 0 Å². The number of hydrogen-bond acceptors (Lipinski definition) is 6. The lowest BCUT2D eigenvalue weighted by Crippen LogP contribution is -2.24. The summed E-state index contributed by atoms with van der Waals surface area (Å²) < 4.78 is 18.5. The molecule has 36 heavy (non-hydrogen) atoms. The summed E-state index contributed by atoms with van der Waals surface area (Å²) in [6.07, 6.45) is 15.2. The number of aldehydes is 1. The van der Waals surface area contributed by atoms with Gasteiger partial charge in [0.1, 0.15) is 17.2 Å². The fourth-order valence-electron chi connectivity index (χ4n) is 3.78. The Labute approximate surface area is 224 Å². The summed E-state index contributed by atoms with van der Waals surface area (Å²) in [5.41, 5.74) is 1.19. The summed E-state index contributed by atoms with van der Waals surface area (Å²) in [7, 11) is 5.97. The predicted octanol–water partition coefficient (Wildman–Crippen LogP) is 7.18. The molecule has 5 nitrogen and oxygen atoms in total. The van der Waals surface area contributed by atoms with Crippen LogP contribution in [0.4, 0.5) is 4.39 Å². The van der Waals surface area contributed by atoms with Crippen molar-refractivity contribution in [3.63, 3.8) is 0 Å². The first-order chi connectivity index (χ1) is 17.2. The van der Waals surface area contributed by atoms with Crippen LogP contribution in [0.2, 0.25) is 0 Å². The van der Waals surface area contributed by atoms with Crippen LogP contribution in [0.1, 0.15) is 71.6 Å². The summed E-state index contributed by atoms with van der Waals surface area (Å²) in [6, 6.07) is 0. The molecule has 0 amide bonds. The Bertz CT molecular complexity index is 720. The highest BCUT2D eigenvalue weighted by atomic mass is 32.2. The van der Waals surface area contributed by atoms with Crippen molar-refractivity contribution >= 4 is 23.1 Å². The van der Waals surface area contributed by atoms with Gasteiger partial charge in [-0.2, -0.15) is 0 Å². The number of allylic oxidation sites excluding steroid dienone is 5. The summed E-state index contributed by atoms with van der Waals surface area (Å²) >= 11 is 1.23. The molecule has 0 radical (unpaired) electrons. The SMILES string of the molecule is C=C(F)/C=C(\C/C(=C\CC)OC)C(=NC(=C)C)SCC=O.CN1CCCCC1.CN1CCCCCC1. The zero-order valence-corrected chi connectivity index (χ0v) is 24.3. The van der Waals surface area contributed by atoms with Crippen LogP contribution in [0.15, 0.2) is 53.2 Å². The number of halogens is 1. The maximum atomic E-state index is 13.2. The number of hydrogen-bond donors (Lipinski definition) is 0. The fourth-order valence-corrected chi connectivity index (χ4v) is 4.55. The van der Waals surface area contributed by atoms with E-state index in [0.29, 0.717) is 28.5 Å². The molecule has 206 valence electrons. The lowest BCUT2D eigenvalue weighted by molar-refractivity contribution is -0.105. The lowest BCUT2D eigenvalue weighted by atomic mass is 10.1. The number of nitrogens with zero attached hydrogens (tertiary/aromatic N) is 3. The van der Waals surface area contributed by atoms with Crippen LogP contribution in [-0.4, -0.2) is 74.3 Å². The van der Waals surface area contributed by atoms with E-state index >= 15 is 0 Å². The van der Waals surface area contributed by atoms with Crippen molar-refractivity contribution in [2.24, 2.45) is 4.99 Å². The molecule has 0 unspecified atom stereocenters. The molecule has 0 saturated carbocycles. The zero-order valence-electron chi connectivity index (χ0n) is 23.5. The number of carbonyl (C=O) groups is 1. The quantitative estimate of drug-likeness (QED) is 0.105. The van der Waals surface area contributed by atoms with E-state index in [1.807, 2.05) is 13.0 Å². The molecule has 0 aromatic carbocycles. The maximum Gasteiger partial charge on any atom is 0.130 e. The highest BCUT2D eigenvalue weighted by Crippen LogP contribution is 2.23. The smallest absolute Gasteiger partial charge is 0.130 e. The number of piperidine rings is 1. The van der Waals surface area contributed by atoms with E-state index in [1.54, 1.807) is 14.0 Å². The minimum atomic E-state index is -0.571. The van der Waals surface area contributed by atoms with Crippen LogP contribution >= 0.6 is 11.8 Å². The average molecular weight is 524 g/mol. The van der Waals surface area contributed by atoms with Crippen molar-refractivity contribution in [1.82, 2.24) is 9.80 Å². The van der Waals surface area contributed by atoms with Crippen molar-refractivity contribution < 1.29 is 13.9 Å². The van der Waals surface area contributed by atoms with Gasteiger partial charge in [0.2, 0.25) is 0 Å². The van der Waals surface area contributed by atoms with Gasteiger partial charge in [-0.25, -0.2) is 9.38 Å². The standard InChI is InChI=1S/C16H22FNO2S.C7H15N.C6H13N/c1-6-7-15(20-5)11-14(10-13(4)17)16(18-12(2)3)21-9-8-19;1-8-6-4-2-3-5-7-8;1-7-5-3-2-4-6-7/h7-8,10H,2,4,6,9,11H2,1,3,5H3;2-7H2,1H3;2-6H2,1H3/b14-10+,15-7+,18-16?;;. The highest BCUT2D eigenvalue weighted by Gasteiger charge is 2.12. The third kappa shape index (κ3) is 19.5. The van der Waals surface area contributed by atoms with Crippen LogP contribution in [0.3, 0.4) is 0 Å². The van der Waals surface area contributed by atoms with Crippen LogP contribution in [-0.2, 0) is 9.53 Å². The molecule has 0 bridgehead atoms. The van der Waals surface area contributed by atoms with Gasteiger partial charge in [0, 0.05) is 12.1 Å². The predicted molar refractivity (Wildman–Crippen MR) is 156 cm³/mol. The van der Waals surface area contributed by atoms with E-state index < -0.39 is 5.83 Å². The molecule has 0 N–H and O–H groups in total. The summed E-state index contributed by atoms with van der Waals surface area (Å²) in [6.45, 7) is 16.0. The topological polar surface area (TPSA) is 45.1 Å². The lowest BCUT2D eigenvalue weighted by Gasteiger charge is -2.20. The van der Waals surface area contributed by atoms with Crippen LogP contribution < -0.4 is 0 Å². The molecule has 0 aliphatic carbocycles. The number of thioether (sulfide) groups is 1. The van der Waals surface area contributed by atoms with Crippen LogP contribution in [0, 0.1) is 0 Å². The third-order valence-corrected chi connectivity index (χ3v) is 6.58. The molecular weight excluding hydrogens is 473 g/mol. The Morgan fingerprint density at radius 3 is 1.89 bits per heavy atom. The molecule has 2 saturated heterocycles. The van der Waals surface area contributed by atoms with Crippen molar-refractivity contribution in [2.45, 2.75) is 71.6 Å². The van der Waals surface area contributed by atoms with Gasteiger partial charge in [-0.15, -0.1) is 0 Å². The first-order valence-corrected chi connectivity index (χ1v) is 14.2. The fraction of sp³-hybridized carbons (Fsp3) is 0.655. The van der Waals surface area contributed by atoms with Crippen molar-refractivity contribution in [2.75, 3.05) is 53.1 Å². The van der Waals surface area contributed by atoms with Gasteiger partial charge in [-0.1, -0.05) is 51.1 Å². The Balaban J connectivity index is 0.000000651. The van der Waals surface area contributed by atoms with Crippen LogP contribution in [0.5, 0.6) is 0 Å². The van der Waals surface area contributed by atoms with Gasteiger partial charge in [0.15, 0.2) is 0 Å². The summed E-state index contributed by atoms with van der Waals surface area (Å²) in [4.78, 5) is 19.7. The molecule has 2 aliphatic rings. The Morgan fingerprint density at radius 1 is 1.00 bits per heavy atom. The molecule has 0 spiro atoms. The molecule has 0 atom stereocenters. The molecule has 2 aliphatic heterocycles. The molecule has 0 aromatic rings. The Hall–Kier alpha value is -1.70. The molecule has 7 heteroatoms. The number of methoxy groups -OCH3 is 1. The Morgan fingerprint density at radius 2 is 1.50 bits per heavy atom. The number of carbonyl (C=O) groups excluding carboxylic acids is 1. The minimum Gasteiger partial charge on any atom is -0.501 e. The first kappa shape index (κ1) is 34.3. The molecular formula is C29H50FN3O2S. The maximum absolute atomic E-state index is 13.2.